The maximum atomic E-state index is 11.9. The van der Waals surface area contributed by atoms with Crippen LogP contribution < -0.4 is 9.47 Å². The topological polar surface area (TPSA) is 74.7 Å². The second-order valence-corrected chi connectivity index (χ2v) is 7.40. The molecule has 28 heavy (non-hydrogen) atoms. The Morgan fingerprint density at radius 3 is 2.71 bits per heavy atom. The van der Waals surface area contributed by atoms with E-state index < -0.39 is 5.97 Å². The van der Waals surface area contributed by atoms with Gasteiger partial charge in [-0.2, -0.15) is 0 Å². The van der Waals surface area contributed by atoms with Crippen LogP contribution in [-0.4, -0.2) is 31.0 Å². The van der Waals surface area contributed by atoms with Crippen molar-refractivity contribution >= 4 is 39.5 Å². The average molecular weight is 462 g/mol. The molecule has 0 saturated carbocycles. The molecule has 1 aromatic heterocycles. The lowest BCUT2D eigenvalue weighted by molar-refractivity contribution is -0.147. The van der Waals surface area contributed by atoms with Crippen molar-refractivity contribution in [2.75, 3.05) is 13.7 Å². The average Bonchev–Trinajstić information content (AvgIpc) is 3.20. The van der Waals surface area contributed by atoms with Gasteiger partial charge in [-0.1, -0.05) is 15.9 Å². The van der Waals surface area contributed by atoms with Gasteiger partial charge < -0.3 is 14.2 Å². The number of methoxy groups -OCH3 is 1. The minimum atomic E-state index is -0.506. The van der Waals surface area contributed by atoms with Crippen molar-refractivity contribution in [2.45, 2.75) is 6.61 Å². The fourth-order valence-electron chi connectivity index (χ4n) is 2.33. The van der Waals surface area contributed by atoms with E-state index in [-0.39, 0.29) is 13.2 Å². The molecule has 0 atom stereocenters. The number of carbonyl (C=O) groups excluding carboxylic acids is 2. The van der Waals surface area contributed by atoms with E-state index in [0.29, 0.717) is 17.0 Å². The molecule has 1 heterocycles. The number of esters is 1. The molecule has 0 radical (unpaired) electrons. The number of aromatic nitrogens is 1. The van der Waals surface area contributed by atoms with E-state index in [2.05, 4.69) is 20.9 Å². The maximum Gasteiger partial charge on any atom is 0.344 e. The van der Waals surface area contributed by atoms with Gasteiger partial charge in [0.05, 0.1) is 18.4 Å². The number of hydrogen-bond donors (Lipinski definition) is 0. The summed E-state index contributed by atoms with van der Waals surface area (Å²) in [5.41, 5.74) is 2.05. The molecule has 8 heteroatoms. The molecule has 0 spiro atoms. The van der Waals surface area contributed by atoms with Gasteiger partial charge >= 0.3 is 5.97 Å². The van der Waals surface area contributed by atoms with Gasteiger partial charge in [0.2, 0.25) is 0 Å². The molecule has 0 amide bonds. The number of ether oxygens (including phenoxy) is 3. The fraction of sp³-hybridized carbons (Fsp3) is 0.150. The molecule has 0 unspecified atom stereocenters. The summed E-state index contributed by atoms with van der Waals surface area (Å²) in [4.78, 5) is 27.0. The van der Waals surface area contributed by atoms with Crippen molar-refractivity contribution in [2.24, 2.45) is 0 Å². The highest BCUT2D eigenvalue weighted by Crippen LogP contribution is 2.34. The van der Waals surface area contributed by atoms with Crippen LogP contribution in [0.2, 0.25) is 0 Å². The van der Waals surface area contributed by atoms with E-state index >= 15 is 0 Å². The maximum absolute atomic E-state index is 11.9. The van der Waals surface area contributed by atoms with Crippen molar-refractivity contribution in [3.8, 4) is 22.1 Å². The van der Waals surface area contributed by atoms with Crippen LogP contribution in [0.15, 0.2) is 52.3 Å². The van der Waals surface area contributed by atoms with E-state index in [9.17, 15) is 9.59 Å². The third kappa shape index (κ3) is 5.17. The molecule has 2 aromatic carbocycles. The van der Waals surface area contributed by atoms with Gasteiger partial charge in [-0.25, -0.2) is 9.78 Å². The molecule has 3 aromatic rings. The van der Waals surface area contributed by atoms with Gasteiger partial charge in [0.15, 0.2) is 6.61 Å². The van der Waals surface area contributed by atoms with Crippen molar-refractivity contribution in [3.05, 3.63) is 63.6 Å². The molecule has 0 fully saturated rings. The number of nitrogens with zero attached hydrogens (tertiary/aromatic N) is 1. The van der Waals surface area contributed by atoms with Gasteiger partial charge in [0.25, 0.3) is 0 Å². The molecule has 144 valence electrons. The Labute approximate surface area is 174 Å². The Morgan fingerprint density at radius 2 is 2.00 bits per heavy atom. The minimum absolute atomic E-state index is 0.0547. The summed E-state index contributed by atoms with van der Waals surface area (Å²) in [5.74, 6) is 0.699. The van der Waals surface area contributed by atoms with Crippen LogP contribution in [0.5, 0.6) is 11.5 Å². The molecule has 6 nitrogen and oxygen atoms in total. The second kappa shape index (κ2) is 9.48. The highest BCUT2D eigenvalue weighted by molar-refractivity contribution is 9.10. The largest absolute Gasteiger partial charge is 0.496 e. The highest BCUT2D eigenvalue weighted by atomic mass is 79.9. The first-order chi connectivity index (χ1) is 13.6. The summed E-state index contributed by atoms with van der Waals surface area (Å²) in [6.45, 7) is -0.171. The Hall–Kier alpha value is -2.71. The summed E-state index contributed by atoms with van der Waals surface area (Å²) in [5, 5.41) is 2.61. The number of rotatable bonds is 8. The highest BCUT2D eigenvalue weighted by Gasteiger charge is 2.12. The van der Waals surface area contributed by atoms with Gasteiger partial charge in [-0.3, -0.25) is 4.79 Å². The molecule has 3 rings (SSSR count). The molecular formula is C20H16BrNO5S. The summed E-state index contributed by atoms with van der Waals surface area (Å²) in [6.07, 6.45) is 0.740. The zero-order chi connectivity index (χ0) is 19.9. The first-order valence-electron chi connectivity index (χ1n) is 8.21. The van der Waals surface area contributed by atoms with Gasteiger partial charge in [-0.15, -0.1) is 11.3 Å². The summed E-state index contributed by atoms with van der Waals surface area (Å²) >= 11 is 4.89. The first kappa shape index (κ1) is 20.0. The molecule has 0 aliphatic rings. The zero-order valence-corrected chi connectivity index (χ0v) is 17.3. The third-order valence-electron chi connectivity index (χ3n) is 3.70. The van der Waals surface area contributed by atoms with E-state index in [1.807, 2.05) is 23.6 Å². The fourth-order valence-corrected chi connectivity index (χ4v) is 3.51. The van der Waals surface area contributed by atoms with Crippen molar-refractivity contribution in [3.63, 3.8) is 0 Å². The normalized spacial score (nSPS) is 10.4. The lowest BCUT2D eigenvalue weighted by atomic mass is 10.2. The standard InChI is InChI=1S/C20H16BrNO5S/c1-25-18-7-4-14(21)8-17(18)20-22-15(12-28-20)10-27-19(24)11-26-16-5-2-13(9-23)3-6-16/h2-9,12H,10-11H2,1H3. The van der Waals surface area contributed by atoms with E-state index in [4.69, 9.17) is 14.2 Å². The first-order valence-corrected chi connectivity index (χ1v) is 9.88. The van der Waals surface area contributed by atoms with Crippen molar-refractivity contribution < 1.29 is 23.8 Å². The quantitative estimate of drug-likeness (QED) is 0.362. The Bertz CT molecular complexity index is 971. The van der Waals surface area contributed by atoms with Crippen LogP contribution in [0.1, 0.15) is 16.1 Å². The summed E-state index contributed by atoms with van der Waals surface area (Å²) in [7, 11) is 1.61. The predicted octanol–water partition coefficient (Wildman–Crippen LogP) is 4.52. The van der Waals surface area contributed by atoms with Crippen LogP contribution >= 0.6 is 27.3 Å². The van der Waals surface area contributed by atoms with Crippen molar-refractivity contribution in [1.82, 2.24) is 4.98 Å². The van der Waals surface area contributed by atoms with Gasteiger partial charge in [0.1, 0.15) is 29.4 Å². The molecule has 0 aliphatic carbocycles. The SMILES string of the molecule is COc1ccc(Br)cc1-c1nc(COC(=O)COc2ccc(C=O)cc2)cs1. The number of halogens is 1. The third-order valence-corrected chi connectivity index (χ3v) is 5.12. The number of hydrogen-bond acceptors (Lipinski definition) is 7. The van der Waals surface area contributed by atoms with Crippen LogP contribution in [0.4, 0.5) is 0 Å². The van der Waals surface area contributed by atoms with Crippen LogP contribution in [-0.2, 0) is 16.1 Å². The molecule has 0 N–H and O–H groups in total. The van der Waals surface area contributed by atoms with E-state index in [1.54, 1.807) is 31.4 Å². The van der Waals surface area contributed by atoms with Crippen molar-refractivity contribution in [1.29, 1.82) is 0 Å². The molecular weight excluding hydrogens is 446 g/mol. The summed E-state index contributed by atoms with van der Waals surface area (Å²) in [6, 6.07) is 12.1. The zero-order valence-electron chi connectivity index (χ0n) is 14.9. The van der Waals surface area contributed by atoms with E-state index in [1.165, 1.54) is 11.3 Å². The van der Waals surface area contributed by atoms with Gasteiger partial charge in [-0.05, 0) is 42.5 Å². The number of carbonyl (C=O) groups is 2. The Kier molecular flexibility index (Phi) is 6.78. The molecule has 0 aliphatic heterocycles. The van der Waals surface area contributed by atoms with Crippen LogP contribution in [0.25, 0.3) is 10.6 Å². The van der Waals surface area contributed by atoms with Gasteiger partial charge in [0, 0.05) is 15.4 Å². The lowest BCUT2D eigenvalue weighted by Crippen LogP contribution is -2.14. The predicted molar refractivity (Wildman–Crippen MR) is 109 cm³/mol. The number of thiazole rings is 1. The smallest absolute Gasteiger partial charge is 0.344 e. The number of benzene rings is 2. The van der Waals surface area contributed by atoms with Crippen LogP contribution in [0, 0.1) is 0 Å². The lowest BCUT2D eigenvalue weighted by Gasteiger charge is -2.07. The Morgan fingerprint density at radius 1 is 1.21 bits per heavy atom. The van der Waals surface area contributed by atoms with Crippen LogP contribution in [0.3, 0.4) is 0 Å². The van der Waals surface area contributed by atoms with E-state index in [0.717, 1.165) is 27.1 Å². The monoisotopic (exact) mass is 461 g/mol. The minimum Gasteiger partial charge on any atom is -0.496 e. The number of aldehydes is 1. The Balaban J connectivity index is 1.54. The summed E-state index contributed by atoms with van der Waals surface area (Å²) < 4.78 is 16.8. The molecule has 0 saturated heterocycles. The molecule has 0 bridgehead atoms. The second-order valence-electron chi connectivity index (χ2n) is 5.62.